The van der Waals surface area contributed by atoms with Crippen LogP contribution < -0.4 is 5.32 Å². The molecule has 6 heteroatoms. The minimum atomic E-state index is 0.0379. The zero-order chi connectivity index (χ0) is 18.1. The summed E-state index contributed by atoms with van der Waals surface area (Å²) in [5.74, 6) is 1.02. The second kappa shape index (κ2) is 7.17. The third kappa shape index (κ3) is 3.13. The fraction of sp³-hybridized carbons (Fsp3) is 0.600. The second-order valence-electron chi connectivity index (χ2n) is 7.60. The third-order valence-electron chi connectivity index (χ3n) is 5.88. The summed E-state index contributed by atoms with van der Waals surface area (Å²) in [6.45, 7) is 4.87. The molecule has 1 fully saturated rings. The average Bonchev–Trinajstić information content (AvgIpc) is 3.15. The SMILES string of the molecule is Cc1n[nH]c(C)c1C1CCCCCN1C(=O)NC1CCCc2occc21. The van der Waals surface area contributed by atoms with Gasteiger partial charge in [0.1, 0.15) is 5.76 Å². The van der Waals surface area contributed by atoms with Crippen molar-refractivity contribution < 1.29 is 9.21 Å². The van der Waals surface area contributed by atoms with Gasteiger partial charge in [-0.3, -0.25) is 5.10 Å². The molecule has 2 atom stereocenters. The first-order chi connectivity index (χ1) is 12.6. The van der Waals surface area contributed by atoms with Crippen molar-refractivity contribution in [3.05, 3.63) is 40.6 Å². The average molecular weight is 356 g/mol. The number of urea groups is 1. The summed E-state index contributed by atoms with van der Waals surface area (Å²) >= 11 is 0. The van der Waals surface area contributed by atoms with Crippen LogP contribution in [0.1, 0.15) is 78.9 Å². The Bertz CT molecular complexity index is 759. The Morgan fingerprint density at radius 1 is 1.27 bits per heavy atom. The maximum absolute atomic E-state index is 13.2. The first-order valence-electron chi connectivity index (χ1n) is 9.80. The highest BCUT2D eigenvalue weighted by Crippen LogP contribution is 2.35. The van der Waals surface area contributed by atoms with Crippen LogP contribution in [0.5, 0.6) is 0 Å². The molecule has 2 amide bonds. The number of carbonyl (C=O) groups is 1. The number of nitrogens with one attached hydrogen (secondary N) is 2. The molecule has 140 valence electrons. The summed E-state index contributed by atoms with van der Waals surface area (Å²) in [7, 11) is 0. The fourth-order valence-electron chi connectivity index (χ4n) is 4.57. The largest absolute Gasteiger partial charge is 0.469 e. The molecule has 6 nitrogen and oxygen atoms in total. The fourth-order valence-corrected chi connectivity index (χ4v) is 4.57. The number of furan rings is 1. The Labute approximate surface area is 154 Å². The molecule has 2 aromatic heterocycles. The Morgan fingerprint density at radius 3 is 2.96 bits per heavy atom. The standard InChI is InChI=1S/C20H28N4O2/c1-13-19(14(2)23-22-13)17-8-4-3-5-11-24(17)20(25)21-16-7-6-9-18-15(16)10-12-26-18/h10,12,16-17H,3-9,11H2,1-2H3,(H,21,25)(H,22,23). The van der Waals surface area contributed by atoms with Gasteiger partial charge in [-0.15, -0.1) is 0 Å². The van der Waals surface area contributed by atoms with Gasteiger partial charge in [-0.25, -0.2) is 4.79 Å². The zero-order valence-corrected chi connectivity index (χ0v) is 15.7. The molecule has 4 rings (SSSR count). The molecule has 0 bridgehead atoms. The number of aromatic amines is 1. The van der Waals surface area contributed by atoms with E-state index in [-0.39, 0.29) is 18.1 Å². The van der Waals surface area contributed by atoms with Crippen LogP contribution >= 0.6 is 0 Å². The number of hydrogen-bond acceptors (Lipinski definition) is 3. The van der Waals surface area contributed by atoms with Gasteiger partial charge in [0, 0.05) is 29.8 Å². The normalized spacial score (nSPS) is 23.4. The lowest BCUT2D eigenvalue weighted by Crippen LogP contribution is -2.44. The van der Waals surface area contributed by atoms with Crippen molar-refractivity contribution in [3.8, 4) is 0 Å². The lowest BCUT2D eigenvalue weighted by molar-refractivity contribution is 0.170. The maximum atomic E-state index is 13.2. The Hall–Kier alpha value is -2.24. The summed E-state index contributed by atoms with van der Waals surface area (Å²) < 4.78 is 5.57. The van der Waals surface area contributed by atoms with E-state index < -0.39 is 0 Å². The lowest BCUT2D eigenvalue weighted by atomic mass is 9.93. The molecule has 0 saturated carbocycles. The van der Waals surface area contributed by atoms with E-state index in [1.807, 2.05) is 17.9 Å². The molecular weight excluding hydrogens is 328 g/mol. The van der Waals surface area contributed by atoms with Crippen LogP contribution in [0.15, 0.2) is 16.7 Å². The number of carbonyl (C=O) groups excluding carboxylic acids is 1. The van der Waals surface area contributed by atoms with E-state index in [0.29, 0.717) is 0 Å². The topological polar surface area (TPSA) is 74.2 Å². The molecule has 1 aliphatic carbocycles. The van der Waals surface area contributed by atoms with Crippen molar-refractivity contribution in [2.24, 2.45) is 0 Å². The van der Waals surface area contributed by atoms with Gasteiger partial charge < -0.3 is 14.6 Å². The predicted molar refractivity (Wildman–Crippen MR) is 98.9 cm³/mol. The number of hydrogen-bond donors (Lipinski definition) is 2. The van der Waals surface area contributed by atoms with Crippen molar-refractivity contribution in [3.63, 3.8) is 0 Å². The summed E-state index contributed by atoms with van der Waals surface area (Å²) in [5.41, 5.74) is 4.41. The predicted octanol–water partition coefficient (Wildman–Crippen LogP) is 4.32. The Balaban J connectivity index is 1.57. The Morgan fingerprint density at radius 2 is 2.15 bits per heavy atom. The van der Waals surface area contributed by atoms with E-state index >= 15 is 0 Å². The van der Waals surface area contributed by atoms with Crippen molar-refractivity contribution in [1.82, 2.24) is 20.4 Å². The molecule has 2 aromatic rings. The van der Waals surface area contributed by atoms with Crippen molar-refractivity contribution in [2.45, 2.75) is 70.9 Å². The molecule has 0 radical (unpaired) electrons. The van der Waals surface area contributed by atoms with E-state index in [9.17, 15) is 4.79 Å². The van der Waals surface area contributed by atoms with E-state index in [4.69, 9.17) is 4.42 Å². The summed E-state index contributed by atoms with van der Waals surface area (Å²) in [4.78, 5) is 15.3. The van der Waals surface area contributed by atoms with Gasteiger partial charge in [0.25, 0.3) is 0 Å². The molecule has 0 spiro atoms. The van der Waals surface area contributed by atoms with Crippen molar-refractivity contribution >= 4 is 6.03 Å². The number of rotatable bonds is 2. The maximum Gasteiger partial charge on any atom is 0.318 e. The van der Waals surface area contributed by atoms with Gasteiger partial charge in [-0.1, -0.05) is 12.8 Å². The number of amides is 2. The van der Waals surface area contributed by atoms with Crippen LogP contribution in [0, 0.1) is 13.8 Å². The number of aromatic nitrogens is 2. The van der Waals surface area contributed by atoms with Crippen LogP contribution in [-0.4, -0.2) is 27.7 Å². The van der Waals surface area contributed by atoms with Gasteiger partial charge in [-0.05, 0) is 45.6 Å². The van der Waals surface area contributed by atoms with Crippen LogP contribution in [-0.2, 0) is 6.42 Å². The lowest BCUT2D eigenvalue weighted by Gasteiger charge is -2.33. The van der Waals surface area contributed by atoms with Crippen LogP contribution in [0.4, 0.5) is 4.79 Å². The molecule has 26 heavy (non-hydrogen) atoms. The highest BCUT2D eigenvalue weighted by atomic mass is 16.3. The highest BCUT2D eigenvalue weighted by molar-refractivity contribution is 5.75. The molecular formula is C20H28N4O2. The minimum Gasteiger partial charge on any atom is -0.469 e. The van der Waals surface area contributed by atoms with Crippen molar-refractivity contribution in [2.75, 3.05) is 6.54 Å². The number of nitrogens with zero attached hydrogens (tertiary/aromatic N) is 2. The molecule has 1 saturated heterocycles. The highest BCUT2D eigenvalue weighted by Gasteiger charge is 2.32. The van der Waals surface area contributed by atoms with E-state index in [2.05, 4.69) is 22.4 Å². The third-order valence-corrected chi connectivity index (χ3v) is 5.88. The zero-order valence-electron chi connectivity index (χ0n) is 15.7. The van der Waals surface area contributed by atoms with E-state index in [1.165, 1.54) is 12.0 Å². The second-order valence-corrected chi connectivity index (χ2v) is 7.60. The summed E-state index contributed by atoms with van der Waals surface area (Å²) in [5, 5.41) is 10.7. The monoisotopic (exact) mass is 356 g/mol. The first kappa shape index (κ1) is 17.2. The smallest absolute Gasteiger partial charge is 0.318 e. The van der Waals surface area contributed by atoms with E-state index in [0.717, 1.165) is 67.8 Å². The number of H-pyrrole nitrogens is 1. The summed E-state index contributed by atoms with van der Waals surface area (Å²) in [6, 6.07) is 2.20. The van der Waals surface area contributed by atoms with Gasteiger partial charge in [-0.2, -0.15) is 5.10 Å². The van der Waals surface area contributed by atoms with Crippen LogP contribution in [0.25, 0.3) is 0 Å². The van der Waals surface area contributed by atoms with Gasteiger partial charge in [0.2, 0.25) is 0 Å². The Kier molecular flexibility index (Phi) is 4.74. The van der Waals surface area contributed by atoms with Gasteiger partial charge in [0.15, 0.2) is 0 Å². The molecule has 3 heterocycles. The number of aryl methyl sites for hydroxylation is 3. The molecule has 2 unspecified atom stereocenters. The van der Waals surface area contributed by atoms with Crippen molar-refractivity contribution in [1.29, 1.82) is 0 Å². The summed E-state index contributed by atoms with van der Waals surface area (Å²) in [6.07, 6.45) is 9.10. The van der Waals surface area contributed by atoms with E-state index in [1.54, 1.807) is 6.26 Å². The quantitative estimate of drug-likeness (QED) is 0.841. The van der Waals surface area contributed by atoms with Crippen LogP contribution in [0.3, 0.4) is 0 Å². The molecule has 2 aliphatic rings. The van der Waals surface area contributed by atoms with Gasteiger partial charge >= 0.3 is 6.03 Å². The van der Waals surface area contributed by atoms with Gasteiger partial charge in [0.05, 0.1) is 24.0 Å². The molecule has 2 N–H and O–H groups in total. The minimum absolute atomic E-state index is 0.0379. The number of fused-ring (bicyclic) bond motifs is 1. The first-order valence-corrected chi connectivity index (χ1v) is 9.80. The molecule has 1 aliphatic heterocycles. The molecule has 0 aromatic carbocycles. The van der Waals surface area contributed by atoms with Crippen LogP contribution in [0.2, 0.25) is 0 Å². The number of likely N-dealkylation sites (tertiary alicyclic amines) is 1.